The third kappa shape index (κ3) is 2.15. The molecule has 0 saturated heterocycles. The second-order valence-electron chi connectivity index (χ2n) is 7.26. The molecule has 0 radical (unpaired) electrons. The first-order chi connectivity index (χ1) is 8.75. The summed E-state index contributed by atoms with van der Waals surface area (Å²) in [6.45, 7) is 7.31. The highest BCUT2D eigenvalue weighted by atomic mass is 14.9. The summed E-state index contributed by atoms with van der Waals surface area (Å²) in [5.74, 6) is 3.21. The minimum Gasteiger partial charge on any atom is -0.314 e. The first kappa shape index (κ1) is 12.7. The van der Waals surface area contributed by atoms with Crippen LogP contribution in [-0.4, -0.2) is 12.6 Å². The summed E-state index contributed by atoms with van der Waals surface area (Å²) in [5, 5.41) is 3.83. The first-order valence-corrected chi connectivity index (χ1v) is 8.10. The molecule has 0 aromatic rings. The lowest BCUT2D eigenvalue weighted by Crippen LogP contribution is -2.55. The van der Waals surface area contributed by atoms with Crippen LogP contribution in [0.15, 0.2) is 12.7 Å². The molecule has 4 aliphatic carbocycles. The van der Waals surface area contributed by atoms with Crippen LogP contribution in [0.1, 0.15) is 58.3 Å². The molecule has 4 rings (SSSR count). The highest BCUT2D eigenvalue weighted by Gasteiger charge is 2.53. The SMILES string of the molecule is C=CCCC(NCC)C12CC3CC(CC(C3)C1)C2. The average Bonchev–Trinajstić information content (AvgIpc) is 2.32. The Morgan fingerprint density at radius 3 is 2.17 bits per heavy atom. The highest BCUT2D eigenvalue weighted by Crippen LogP contribution is 2.61. The van der Waals surface area contributed by atoms with Gasteiger partial charge in [-0.15, -0.1) is 6.58 Å². The zero-order valence-corrected chi connectivity index (χ0v) is 12.0. The fraction of sp³-hybridized carbons (Fsp3) is 0.882. The summed E-state index contributed by atoms with van der Waals surface area (Å²) in [4.78, 5) is 0. The largest absolute Gasteiger partial charge is 0.314 e. The molecular formula is C17H29N. The second kappa shape index (κ2) is 5.00. The summed E-state index contributed by atoms with van der Waals surface area (Å²) >= 11 is 0. The molecule has 0 aromatic heterocycles. The zero-order valence-electron chi connectivity index (χ0n) is 12.0. The number of hydrogen-bond donors (Lipinski definition) is 1. The smallest absolute Gasteiger partial charge is 0.0127 e. The molecule has 4 fully saturated rings. The molecule has 4 aliphatic rings. The van der Waals surface area contributed by atoms with Crippen LogP contribution < -0.4 is 5.32 Å². The van der Waals surface area contributed by atoms with Gasteiger partial charge < -0.3 is 5.32 Å². The molecule has 1 nitrogen and oxygen atoms in total. The monoisotopic (exact) mass is 247 g/mol. The Labute approximate surface area is 112 Å². The van der Waals surface area contributed by atoms with E-state index >= 15 is 0 Å². The van der Waals surface area contributed by atoms with Gasteiger partial charge >= 0.3 is 0 Å². The molecule has 0 heterocycles. The van der Waals surface area contributed by atoms with Crippen LogP contribution in [0.3, 0.4) is 0 Å². The van der Waals surface area contributed by atoms with Crippen molar-refractivity contribution in [2.75, 3.05) is 6.54 Å². The van der Waals surface area contributed by atoms with Crippen molar-refractivity contribution in [3.05, 3.63) is 12.7 Å². The molecule has 0 spiro atoms. The average molecular weight is 247 g/mol. The van der Waals surface area contributed by atoms with Crippen LogP contribution in [-0.2, 0) is 0 Å². The molecule has 1 heteroatoms. The Balaban J connectivity index is 1.76. The summed E-state index contributed by atoms with van der Waals surface area (Å²) < 4.78 is 0. The third-order valence-electron chi connectivity index (χ3n) is 5.93. The van der Waals surface area contributed by atoms with Crippen molar-refractivity contribution in [3.63, 3.8) is 0 Å². The maximum atomic E-state index is 3.91. The van der Waals surface area contributed by atoms with Crippen LogP contribution in [0.25, 0.3) is 0 Å². The van der Waals surface area contributed by atoms with E-state index in [2.05, 4.69) is 24.9 Å². The van der Waals surface area contributed by atoms with Crippen molar-refractivity contribution in [1.29, 1.82) is 0 Å². The van der Waals surface area contributed by atoms with E-state index in [1.165, 1.54) is 32.1 Å². The molecule has 1 unspecified atom stereocenters. The molecule has 0 aromatic carbocycles. The van der Waals surface area contributed by atoms with Gasteiger partial charge in [-0.1, -0.05) is 13.0 Å². The Morgan fingerprint density at radius 2 is 1.72 bits per heavy atom. The van der Waals surface area contributed by atoms with Crippen LogP contribution in [0.5, 0.6) is 0 Å². The van der Waals surface area contributed by atoms with Gasteiger partial charge in [0, 0.05) is 6.04 Å². The Morgan fingerprint density at radius 1 is 1.17 bits per heavy atom. The number of hydrogen-bond acceptors (Lipinski definition) is 1. The van der Waals surface area contributed by atoms with E-state index in [1.807, 2.05) is 0 Å². The molecule has 0 aliphatic heterocycles. The molecule has 102 valence electrons. The van der Waals surface area contributed by atoms with Gasteiger partial charge in [-0.2, -0.15) is 0 Å². The lowest BCUT2D eigenvalue weighted by Gasteiger charge is -2.59. The van der Waals surface area contributed by atoms with Crippen molar-refractivity contribution in [2.45, 2.75) is 64.3 Å². The normalized spacial score (nSPS) is 43.1. The number of allylic oxidation sites excluding steroid dienone is 1. The lowest BCUT2D eigenvalue weighted by atomic mass is 9.47. The maximum Gasteiger partial charge on any atom is 0.0127 e. The van der Waals surface area contributed by atoms with Gasteiger partial charge in [-0.3, -0.25) is 0 Å². The standard InChI is InChI=1S/C17H29N/c1-3-5-6-16(18-4-2)17-10-13-7-14(11-17)9-15(8-13)12-17/h3,13-16,18H,1,4-12H2,2H3. The zero-order chi connectivity index (χ0) is 12.6. The fourth-order valence-electron chi connectivity index (χ4n) is 5.76. The molecule has 1 atom stereocenters. The highest BCUT2D eigenvalue weighted by molar-refractivity contribution is 5.06. The summed E-state index contributed by atoms with van der Waals surface area (Å²) in [6.07, 6.45) is 13.8. The maximum absolute atomic E-state index is 3.91. The Hall–Kier alpha value is -0.300. The van der Waals surface area contributed by atoms with Crippen molar-refractivity contribution < 1.29 is 0 Å². The van der Waals surface area contributed by atoms with Gasteiger partial charge in [0.05, 0.1) is 0 Å². The van der Waals surface area contributed by atoms with Crippen molar-refractivity contribution >= 4 is 0 Å². The quantitative estimate of drug-likeness (QED) is 0.695. The van der Waals surface area contributed by atoms with E-state index in [9.17, 15) is 0 Å². The molecule has 1 N–H and O–H groups in total. The van der Waals surface area contributed by atoms with E-state index in [4.69, 9.17) is 0 Å². The molecule has 0 amide bonds. The minimum atomic E-state index is 0.660. The van der Waals surface area contributed by atoms with E-state index in [0.29, 0.717) is 5.41 Å². The third-order valence-corrected chi connectivity index (χ3v) is 5.93. The minimum absolute atomic E-state index is 0.660. The molecule has 4 bridgehead atoms. The van der Waals surface area contributed by atoms with Gasteiger partial charge in [0.2, 0.25) is 0 Å². The molecule has 4 saturated carbocycles. The van der Waals surface area contributed by atoms with E-state index in [1.54, 1.807) is 19.3 Å². The van der Waals surface area contributed by atoms with Gasteiger partial charge in [-0.05, 0) is 81.1 Å². The van der Waals surface area contributed by atoms with E-state index in [-0.39, 0.29) is 0 Å². The van der Waals surface area contributed by atoms with Crippen LogP contribution in [0.4, 0.5) is 0 Å². The molecular weight excluding hydrogens is 218 g/mol. The molecule has 18 heavy (non-hydrogen) atoms. The topological polar surface area (TPSA) is 12.0 Å². The summed E-state index contributed by atoms with van der Waals surface area (Å²) in [6, 6.07) is 0.758. The van der Waals surface area contributed by atoms with Crippen molar-refractivity contribution in [2.24, 2.45) is 23.2 Å². The van der Waals surface area contributed by atoms with Gasteiger partial charge in [-0.25, -0.2) is 0 Å². The second-order valence-corrected chi connectivity index (χ2v) is 7.26. The van der Waals surface area contributed by atoms with E-state index in [0.717, 1.165) is 30.3 Å². The van der Waals surface area contributed by atoms with Crippen molar-refractivity contribution in [1.82, 2.24) is 5.32 Å². The number of nitrogens with one attached hydrogen (secondary N) is 1. The first-order valence-electron chi connectivity index (χ1n) is 8.10. The number of rotatable bonds is 6. The van der Waals surface area contributed by atoms with Gasteiger partial charge in [0.25, 0.3) is 0 Å². The van der Waals surface area contributed by atoms with E-state index < -0.39 is 0 Å². The summed E-state index contributed by atoms with van der Waals surface area (Å²) in [7, 11) is 0. The summed E-state index contributed by atoms with van der Waals surface area (Å²) in [5.41, 5.74) is 0.660. The van der Waals surface area contributed by atoms with Gasteiger partial charge in [0.15, 0.2) is 0 Å². The Bertz CT molecular complexity index is 271. The van der Waals surface area contributed by atoms with Crippen LogP contribution in [0, 0.1) is 23.2 Å². The Kier molecular flexibility index (Phi) is 3.53. The van der Waals surface area contributed by atoms with Gasteiger partial charge in [0.1, 0.15) is 0 Å². The van der Waals surface area contributed by atoms with Crippen LogP contribution in [0.2, 0.25) is 0 Å². The van der Waals surface area contributed by atoms with Crippen LogP contribution >= 0.6 is 0 Å². The fourth-order valence-corrected chi connectivity index (χ4v) is 5.76. The predicted molar refractivity (Wildman–Crippen MR) is 77.5 cm³/mol. The van der Waals surface area contributed by atoms with Crippen molar-refractivity contribution in [3.8, 4) is 0 Å². The predicted octanol–water partition coefficient (Wildman–Crippen LogP) is 4.15. The lowest BCUT2D eigenvalue weighted by molar-refractivity contribution is -0.0747.